The fraction of sp³-hybridized carbons (Fsp3) is 0.0714. The predicted molar refractivity (Wildman–Crippen MR) is 71.6 cm³/mol. The van der Waals surface area contributed by atoms with E-state index in [1.54, 1.807) is 7.11 Å². The summed E-state index contributed by atoms with van der Waals surface area (Å²) < 4.78 is 9.55. The zero-order valence-electron chi connectivity index (χ0n) is 9.38. The molecule has 3 heteroatoms. The van der Waals surface area contributed by atoms with Crippen molar-refractivity contribution < 1.29 is 4.74 Å². The number of methoxy groups -OCH3 is 1. The Kier molecular flexibility index (Phi) is 2.53. The molecule has 0 atom stereocenters. The van der Waals surface area contributed by atoms with Crippen LogP contribution >= 0.6 is 11.5 Å². The molecule has 2 aromatic carbocycles. The standard InChI is InChI=1S/C14H11NOS/c1-16-13-7-3-4-10-11(13)5-2-6-12(10)14-8-9-15-17-14/h2-9H,1H3. The van der Waals surface area contributed by atoms with Crippen LogP contribution in [-0.2, 0) is 0 Å². The third-order valence-corrected chi connectivity index (χ3v) is 3.59. The van der Waals surface area contributed by atoms with E-state index in [4.69, 9.17) is 4.74 Å². The van der Waals surface area contributed by atoms with Crippen LogP contribution in [0.4, 0.5) is 0 Å². The monoisotopic (exact) mass is 241 g/mol. The van der Waals surface area contributed by atoms with Gasteiger partial charge in [-0.15, -0.1) is 0 Å². The van der Waals surface area contributed by atoms with E-state index in [1.807, 2.05) is 24.4 Å². The minimum atomic E-state index is 0.911. The SMILES string of the molecule is COc1cccc2c(-c3ccns3)cccc12. The Morgan fingerprint density at radius 1 is 1.00 bits per heavy atom. The molecule has 2 nitrogen and oxygen atoms in total. The summed E-state index contributed by atoms with van der Waals surface area (Å²) >= 11 is 1.51. The van der Waals surface area contributed by atoms with Crippen molar-refractivity contribution >= 4 is 22.3 Å². The molecule has 0 unspecified atom stereocenters. The number of rotatable bonds is 2. The summed E-state index contributed by atoms with van der Waals surface area (Å²) in [5.74, 6) is 0.911. The Morgan fingerprint density at radius 2 is 1.82 bits per heavy atom. The van der Waals surface area contributed by atoms with Crippen LogP contribution < -0.4 is 4.74 Å². The summed E-state index contributed by atoms with van der Waals surface area (Å²) in [5, 5.41) is 2.34. The molecule has 0 saturated carbocycles. The van der Waals surface area contributed by atoms with Crippen molar-refractivity contribution in [3.05, 3.63) is 48.7 Å². The van der Waals surface area contributed by atoms with Gasteiger partial charge in [0, 0.05) is 17.1 Å². The summed E-state index contributed by atoms with van der Waals surface area (Å²) in [6, 6.07) is 14.4. The van der Waals surface area contributed by atoms with Gasteiger partial charge < -0.3 is 4.74 Å². The molecule has 0 aliphatic carbocycles. The van der Waals surface area contributed by atoms with Crippen molar-refractivity contribution in [1.82, 2.24) is 4.37 Å². The van der Waals surface area contributed by atoms with Crippen LogP contribution in [0, 0.1) is 0 Å². The molecule has 0 fully saturated rings. The Hall–Kier alpha value is -1.87. The molecule has 3 aromatic rings. The van der Waals surface area contributed by atoms with Crippen LogP contribution in [-0.4, -0.2) is 11.5 Å². The van der Waals surface area contributed by atoms with Gasteiger partial charge in [0.05, 0.1) is 12.0 Å². The van der Waals surface area contributed by atoms with Gasteiger partial charge in [0.15, 0.2) is 0 Å². The smallest absolute Gasteiger partial charge is 0.126 e. The average molecular weight is 241 g/mol. The maximum absolute atomic E-state index is 5.39. The molecule has 0 amide bonds. The van der Waals surface area contributed by atoms with Gasteiger partial charge in [-0.2, -0.15) is 0 Å². The van der Waals surface area contributed by atoms with Gasteiger partial charge in [0.25, 0.3) is 0 Å². The fourth-order valence-corrected chi connectivity index (χ4v) is 2.66. The predicted octanol–water partition coefficient (Wildman–Crippen LogP) is 3.97. The Morgan fingerprint density at radius 3 is 2.59 bits per heavy atom. The summed E-state index contributed by atoms with van der Waals surface area (Å²) in [6.45, 7) is 0. The van der Waals surface area contributed by atoms with Gasteiger partial charge in [-0.25, -0.2) is 4.37 Å². The highest BCUT2D eigenvalue weighted by atomic mass is 32.1. The molecule has 0 aliphatic rings. The van der Waals surface area contributed by atoms with Gasteiger partial charge in [-0.05, 0) is 29.1 Å². The molecule has 0 spiro atoms. The molecule has 0 saturated heterocycles. The van der Waals surface area contributed by atoms with E-state index in [0.29, 0.717) is 0 Å². The zero-order chi connectivity index (χ0) is 11.7. The Labute approximate surface area is 104 Å². The molecule has 0 bridgehead atoms. The average Bonchev–Trinajstić information content (AvgIpc) is 2.91. The second-order valence-electron chi connectivity index (χ2n) is 3.74. The number of nitrogens with zero attached hydrogens (tertiary/aromatic N) is 1. The highest BCUT2D eigenvalue weighted by Gasteiger charge is 2.07. The summed E-state index contributed by atoms with van der Waals surface area (Å²) in [5.41, 5.74) is 1.21. The van der Waals surface area contributed by atoms with Crippen molar-refractivity contribution in [3.8, 4) is 16.2 Å². The van der Waals surface area contributed by atoms with E-state index in [1.165, 1.54) is 27.4 Å². The molecule has 0 N–H and O–H groups in total. The Balaban J connectivity index is 2.34. The number of benzene rings is 2. The highest BCUT2D eigenvalue weighted by Crippen LogP contribution is 2.34. The second-order valence-corrected chi connectivity index (χ2v) is 4.57. The normalized spacial score (nSPS) is 10.6. The lowest BCUT2D eigenvalue weighted by Gasteiger charge is -2.08. The summed E-state index contributed by atoms with van der Waals surface area (Å²) in [6.07, 6.45) is 1.83. The number of aromatic nitrogens is 1. The van der Waals surface area contributed by atoms with E-state index in [9.17, 15) is 0 Å². The lowest BCUT2D eigenvalue weighted by molar-refractivity contribution is 0.420. The van der Waals surface area contributed by atoms with Crippen LogP contribution in [0.25, 0.3) is 21.2 Å². The number of hydrogen-bond acceptors (Lipinski definition) is 3. The van der Waals surface area contributed by atoms with Gasteiger partial charge in [-0.3, -0.25) is 0 Å². The molecule has 1 aromatic heterocycles. The largest absolute Gasteiger partial charge is 0.496 e. The van der Waals surface area contributed by atoms with Crippen LogP contribution in [0.2, 0.25) is 0 Å². The first-order valence-corrected chi connectivity index (χ1v) is 6.14. The Bertz CT molecular complexity index is 646. The lowest BCUT2D eigenvalue weighted by Crippen LogP contribution is -1.85. The molecular formula is C14H11NOS. The summed E-state index contributed by atoms with van der Waals surface area (Å²) in [7, 11) is 1.70. The molecule has 17 heavy (non-hydrogen) atoms. The quantitative estimate of drug-likeness (QED) is 0.677. The molecule has 0 aliphatic heterocycles. The molecular weight excluding hydrogens is 230 g/mol. The van der Waals surface area contributed by atoms with Crippen LogP contribution in [0.5, 0.6) is 5.75 Å². The highest BCUT2D eigenvalue weighted by molar-refractivity contribution is 7.09. The molecule has 3 rings (SSSR count). The van der Waals surface area contributed by atoms with Crippen LogP contribution in [0.15, 0.2) is 48.7 Å². The zero-order valence-corrected chi connectivity index (χ0v) is 10.2. The number of hydrogen-bond donors (Lipinski definition) is 0. The van der Waals surface area contributed by atoms with Crippen molar-refractivity contribution in [2.75, 3.05) is 7.11 Å². The van der Waals surface area contributed by atoms with Crippen LogP contribution in [0.3, 0.4) is 0 Å². The molecule has 84 valence electrons. The van der Waals surface area contributed by atoms with Crippen molar-refractivity contribution in [2.45, 2.75) is 0 Å². The first-order chi connectivity index (χ1) is 8.40. The number of ether oxygens (including phenoxy) is 1. The molecule has 1 heterocycles. The second kappa shape index (κ2) is 4.18. The van der Waals surface area contributed by atoms with Gasteiger partial charge in [-0.1, -0.05) is 30.3 Å². The molecule has 0 radical (unpaired) electrons. The van der Waals surface area contributed by atoms with Crippen molar-refractivity contribution in [3.63, 3.8) is 0 Å². The minimum Gasteiger partial charge on any atom is -0.496 e. The van der Waals surface area contributed by atoms with E-state index in [-0.39, 0.29) is 0 Å². The first-order valence-electron chi connectivity index (χ1n) is 5.37. The minimum absolute atomic E-state index is 0.911. The van der Waals surface area contributed by atoms with Gasteiger partial charge >= 0.3 is 0 Å². The van der Waals surface area contributed by atoms with E-state index in [2.05, 4.69) is 28.6 Å². The summed E-state index contributed by atoms with van der Waals surface area (Å²) in [4.78, 5) is 1.18. The van der Waals surface area contributed by atoms with E-state index < -0.39 is 0 Å². The van der Waals surface area contributed by atoms with Gasteiger partial charge in [0.1, 0.15) is 5.75 Å². The van der Waals surface area contributed by atoms with Gasteiger partial charge in [0.2, 0.25) is 0 Å². The number of fused-ring (bicyclic) bond motifs is 1. The van der Waals surface area contributed by atoms with E-state index in [0.717, 1.165) is 11.1 Å². The van der Waals surface area contributed by atoms with E-state index >= 15 is 0 Å². The fourth-order valence-electron chi connectivity index (χ4n) is 2.03. The topological polar surface area (TPSA) is 22.1 Å². The van der Waals surface area contributed by atoms with Crippen molar-refractivity contribution in [1.29, 1.82) is 0 Å². The van der Waals surface area contributed by atoms with Crippen LogP contribution in [0.1, 0.15) is 0 Å². The third kappa shape index (κ3) is 1.68. The maximum atomic E-state index is 5.39. The van der Waals surface area contributed by atoms with Crippen molar-refractivity contribution in [2.24, 2.45) is 0 Å². The lowest BCUT2D eigenvalue weighted by atomic mass is 10.0. The third-order valence-electron chi connectivity index (χ3n) is 2.81. The first kappa shape index (κ1) is 10.3. The maximum Gasteiger partial charge on any atom is 0.126 e.